The van der Waals surface area contributed by atoms with Gasteiger partial charge >= 0.3 is 0 Å². The van der Waals surface area contributed by atoms with E-state index in [9.17, 15) is 9.90 Å². The summed E-state index contributed by atoms with van der Waals surface area (Å²) >= 11 is 0. The number of aryl methyl sites for hydroxylation is 1. The molecule has 2 aliphatic rings. The van der Waals surface area contributed by atoms with E-state index in [1.54, 1.807) is 4.68 Å². The van der Waals surface area contributed by atoms with Crippen LogP contribution in [0.1, 0.15) is 30.9 Å². The van der Waals surface area contributed by atoms with Crippen LogP contribution >= 0.6 is 0 Å². The summed E-state index contributed by atoms with van der Waals surface area (Å²) in [6, 6.07) is -0.0516. The van der Waals surface area contributed by atoms with Gasteiger partial charge < -0.3 is 15.3 Å². The molecule has 1 amide bonds. The van der Waals surface area contributed by atoms with Crippen LogP contribution in [0.3, 0.4) is 0 Å². The predicted molar refractivity (Wildman–Crippen MR) is 91.4 cm³/mol. The van der Waals surface area contributed by atoms with Crippen LogP contribution in [0.5, 0.6) is 0 Å². The van der Waals surface area contributed by atoms with Crippen molar-refractivity contribution in [1.82, 2.24) is 24.9 Å². The number of nitrogens with one attached hydrogen (secondary N) is 1. The first kappa shape index (κ1) is 17.4. The van der Waals surface area contributed by atoms with E-state index in [0.29, 0.717) is 12.5 Å². The molecule has 1 aliphatic carbocycles. The zero-order valence-corrected chi connectivity index (χ0v) is 14.7. The van der Waals surface area contributed by atoms with E-state index in [0.717, 1.165) is 51.0 Å². The van der Waals surface area contributed by atoms with Gasteiger partial charge in [0, 0.05) is 31.9 Å². The standard InChI is InChI=1S/C17H29N5O2/c1-20-4-3-5-22(7-6-20)12-16(24)19-17(13-8-15(23)9-13)14-10-18-21(2)11-14/h10-11,13,15,17,23H,3-9,12H2,1-2H3,(H,19,24). The van der Waals surface area contributed by atoms with E-state index in [-0.39, 0.29) is 18.1 Å². The van der Waals surface area contributed by atoms with Gasteiger partial charge in [-0.15, -0.1) is 0 Å². The zero-order chi connectivity index (χ0) is 17.1. The number of amides is 1. The molecule has 1 aromatic heterocycles. The maximum atomic E-state index is 12.6. The lowest BCUT2D eigenvalue weighted by Gasteiger charge is -2.38. The van der Waals surface area contributed by atoms with Gasteiger partial charge in [-0.2, -0.15) is 5.10 Å². The largest absolute Gasteiger partial charge is 0.393 e. The van der Waals surface area contributed by atoms with Gasteiger partial charge in [0.25, 0.3) is 0 Å². The molecule has 2 N–H and O–H groups in total. The second-order valence-corrected chi connectivity index (χ2v) is 7.31. The smallest absolute Gasteiger partial charge is 0.234 e. The minimum Gasteiger partial charge on any atom is -0.393 e. The first-order chi connectivity index (χ1) is 11.5. The van der Waals surface area contributed by atoms with Crippen LogP contribution in [0.4, 0.5) is 0 Å². The number of nitrogens with zero attached hydrogens (tertiary/aromatic N) is 4. The van der Waals surface area contributed by atoms with E-state index in [4.69, 9.17) is 0 Å². The number of carbonyl (C=O) groups is 1. The van der Waals surface area contributed by atoms with Gasteiger partial charge in [-0.05, 0) is 45.3 Å². The third kappa shape index (κ3) is 4.34. The highest BCUT2D eigenvalue weighted by Gasteiger charge is 2.36. The van der Waals surface area contributed by atoms with E-state index in [1.807, 2.05) is 19.4 Å². The highest BCUT2D eigenvalue weighted by Crippen LogP contribution is 2.37. The Morgan fingerprint density at radius 1 is 1.33 bits per heavy atom. The first-order valence-electron chi connectivity index (χ1n) is 8.88. The molecule has 2 fully saturated rings. The molecule has 0 spiro atoms. The van der Waals surface area contributed by atoms with Gasteiger partial charge in [-0.3, -0.25) is 14.4 Å². The lowest BCUT2D eigenvalue weighted by atomic mass is 9.75. The molecule has 2 heterocycles. The number of hydrogen-bond donors (Lipinski definition) is 2. The Labute approximate surface area is 143 Å². The molecule has 0 bridgehead atoms. The molecule has 7 heteroatoms. The van der Waals surface area contributed by atoms with Crippen molar-refractivity contribution < 1.29 is 9.90 Å². The molecule has 1 saturated heterocycles. The molecule has 134 valence electrons. The van der Waals surface area contributed by atoms with Crippen LogP contribution < -0.4 is 5.32 Å². The van der Waals surface area contributed by atoms with Crippen LogP contribution in [-0.4, -0.2) is 76.5 Å². The van der Waals surface area contributed by atoms with Gasteiger partial charge in [0.05, 0.1) is 24.9 Å². The number of hydrogen-bond acceptors (Lipinski definition) is 5. The van der Waals surface area contributed by atoms with Crippen molar-refractivity contribution in [2.75, 3.05) is 39.8 Å². The summed E-state index contributed by atoms with van der Waals surface area (Å²) in [7, 11) is 4.01. The average Bonchev–Trinajstić information content (AvgIpc) is 2.83. The summed E-state index contributed by atoms with van der Waals surface area (Å²) in [5.74, 6) is 0.359. The highest BCUT2D eigenvalue weighted by atomic mass is 16.3. The van der Waals surface area contributed by atoms with E-state index in [1.165, 1.54) is 0 Å². The Hall–Kier alpha value is -1.44. The van der Waals surface area contributed by atoms with Crippen molar-refractivity contribution in [3.05, 3.63) is 18.0 Å². The zero-order valence-electron chi connectivity index (χ0n) is 14.7. The fourth-order valence-corrected chi connectivity index (χ4v) is 3.66. The number of aliphatic hydroxyl groups excluding tert-OH is 1. The lowest BCUT2D eigenvalue weighted by molar-refractivity contribution is -0.124. The quantitative estimate of drug-likeness (QED) is 0.791. The van der Waals surface area contributed by atoms with Crippen LogP contribution in [-0.2, 0) is 11.8 Å². The molecule has 24 heavy (non-hydrogen) atoms. The Morgan fingerprint density at radius 3 is 2.79 bits per heavy atom. The number of rotatable bonds is 5. The molecular formula is C17H29N5O2. The number of aliphatic hydroxyl groups is 1. The molecular weight excluding hydrogens is 306 g/mol. The topological polar surface area (TPSA) is 73.6 Å². The molecule has 1 unspecified atom stereocenters. The summed E-state index contributed by atoms with van der Waals surface area (Å²) in [5.41, 5.74) is 1.03. The Morgan fingerprint density at radius 2 is 2.12 bits per heavy atom. The maximum absolute atomic E-state index is 12.6. The monoisotopic (exact) mass is 335 g/mol. The van der Waals surface area contributed by atoms with Crippen LogP contribution in [0.15, 0.2) is 12.4 Å². The molecule has 1 atom stereocenters. The van der Waals surface area contributed by atoms with Crippen molar-refractivity contribution >= 4 is 5.91 Å². The summed E-state index contributed by atoms with van der Waals surface area (Å²) in [6.45, 7) is 4.45. The van der Waals surface area contributed by atoms with Crippen molar-refractivity contribution in [2.45, 2.75) is 31.4 Å². The number of carbonyl (C=O) groups excluding carboxylic acids is 1. The summed E-state index contributed by atoms with van der Waals surface area (Å²) in [4.78, 5) is 17.1. The predicted octanol–water partition coefficient (Wildman–Crippen LogP) is -0.0142. The summed E-state index contributed by atoms with van der Waals surface area (Å²) in [5, 5.41) is 17.0. The first-order valence-corrected chi connectivity index (χ1v) is 8.88. The fourth-order valence-electron chi connectivity index (χ4n) is 3.66. The van der Waals surface area contributed by atoms with Gasteiger partial charge in [-0.1, -0.05) is 0 Å². The highest BCUT2D eigenvalue weighted by molar-refractivity contribution is 5.78. The van der Waals surface area contributed by atoms with Gasteiger partial charge in [0.2, 0.25) is 5.91 Å². The van der Waals surface area contributed by atoms with E-state index >= 15 is 0 Å². The normalized spacial score (nSPS) is 27.3. The number of aromatic nitrogens is 2. The molecule has 0 aromatic carbocycles. The summed E-state index contributed by atoms with van der Waals surface area (Å²) < 4.78 is 1.76. The van der Waals surface area contributed by atoms with Gasteiger partial charge in [0.15, 0.2) is 0 Å². The van der Waals surface area contributed by atoms with Crippen LogP contribution in [0.2, 0.25) is 0 Å². The average molecular weight is 335 g/mol. The second kappa shape index (κ2) is 7.63. The molecule has 1 saturated carbocycles. The molecule has 3 rings (SSSR count). The molecule has 1 aliphatic heterocycles. The van der Waals surface area contributed by atoms with Crippen molar-refractivity contribution in [3.8, 4) is 0 Å². The van der Waals surface area contributed by atoms with Crippen LogP contribution in [0, 0.1) is 5.92 Å². The number of likely N-dealkylation sites (N-methyl/N-ethyl adjacent to an activating group) is 1. The van der Waals surface area contributed by atoms with Crippen molar-refractivity contribution in [3.63, 3.8) is 0 Å². The van der Waals surface area contributed by atoms with E-state index in [2.05, 4.69) is 27.3 Å². The summed E-state index contributed by atoms with van der Waals surface area (Å²) in [6.07, 6.45) is 6.13. The maximum Gasteiger partial charge on any atom is 0.234 e. The minimum absolute atomic E-state index is 0.0516. The molecule has 1 aromatic rings. The second-order valence-electron chi connectivity index (χ2n) is 7.31. The van der Waals surface area contributed by atoms with Crippen molar-refractivity contribution in [2.24, 2.45) is 13.0 Å². The molecule has 0 radical (unpaired) electrons. The SMILES string of the molecule is CN1CCCN(CC(=O)NC(c2cnn(C)c2)C2CC(O)C2)CC1. The van der Waals surface area contributed by atoms with Gasteiger partial charge in [-0.25, -0.2) is 0 Å². The Kier molecular flexibility index (Phi) is 5.53. The third-order valence-electron chi connectivity index (χ3n) is 5.20. The Balaban J connectivity index is 1.58. The van der Waals surface area contributed by atoms with E-state index < -0.39 is 0 Å². The minimum atomic E-state index is -0.229. The molecule has 7 nitrogen and oxygen atoms in total. The van der Waals surface area contributed by atoms with Gasteiger partial charge in [0.1, 0.15) is 0 Å². The third-order valence-corrected chi connectivity index (χ3v) is 5.20. The van der Waals surface area contributed by atoms with Crippen LogP contribution in [0.25, 0.3) is 0 Å². The van der Waals surface area contributed by atoms with Crippen molar-refractivity contribution in [1.29, 1.82) is 0 Å². The fraction of sp³-hybridized carbons (Fsp3) is 0.765. The lowest BCUT2D eigenvalue weighted by Crippen LogP contribution is -2.45. The Bertz CT molecular complexity index is 555.